The van der Waals surface area contributed by atoms with Gasteiger partial charge in [-0.15, -0.1) is 0 Å². The van der Waals surface area contributed by atoms with Crippen LogP contribution in [0.5, 0.6) is 0 Å². The van der Waals surface area contributed by atoms with Crippen LogP contribution in [0.25, 0.3) is 11.3 Å². The Bertz CT molecular complexity index is 810. The van der Waals surface area contributed by atoms with Gasteiger partial charge in [-0.1, -0.05) is 30.3 Å². The van der Waals surface area contributed by atoms with E-state index < -0.39 is 4.92 Å². The number of aromatic nitrogens is 2. The van der Waals surface area contributed by atoms with Gasteiger partial charge in [0, 0.05) is 48.7 Å². The van der Waals surface area contributed by atoms with Crippen LogP contribution in [-0.2, 0) is 13.6 Å². The second kappa shape index (κ2) is 6.31. The summed E-state index contributed by atoms with van der Waals surface area (Å²) >= 11 is 0. The van der Waals surface area contributed by atoms with Crippen molar-refractivity contribution in [3.63, 3.8) is 0 Å². The van der Waals surface area contributed by atoms with E-state index >= 15 is 0 Å². The number of aryl methyl sites for hydroxylation is 1. The van der Waals surface area contributed by atoms with Gasteiger partial charge in [0.25, 0.3) is 5.69 Å². The smallest absolute Gasteiger partial charge is 0.269 e. The fourth-order valence-corrected chi connectivity index (χ4v) is 2.40. The predicted octanol–water partition coefficient (Wildman–Crippen LogP) is 3.61. The van der Waals surface area contributed by atoms with Crippen LogP contribution in [0.15, 0.2) is 60.8 Å². The largest absolute Gasteiger partial charge is 0.381 e. The van der Waals surface area contributed by atoms with Gasteiger partial charge < -0.3 is 5.32 Å². The van der Waals surface area contributed by atoms with E-state index in [1.54, 1.807) is 16.8 Å². The predicted molar refractivity (Wildman–Crippen MR) is 89.1 cm³/mol. The molecule has 3 rings (SSSR count). The topological polar surface area (TPSA) is 73.0 Å². The molecule has 0 unspecified atom stereocenters. The number of rotatable bonds is 5. The molecule has 0 atom stereocenters. The van der Waals surface area contributed by atoms with Crippen LogP contribution in [0.1, 0.15) is 5.56 Å². The molecule has 1 N–H and O–H groups in total. The zero-order chi connectivity index (χ0) is 16.2. The van der Waals surface area contributed by atoms with Crippen LogP contribution >= 0.6 is 0 Å². The first-order valence-electron chi connectivity index (χ1n) is 7.20. The molecule has 0 aliphatic carbocycles. The molecule has 0 saturated carbocycles. The van der Waals surface area contributed by atoms with E-state index in [0.29, 0.717) is 6.54 Å². The van der Waals surface area contributed by atoms with E-state index in [1.165, 1.54) is 12.1 Å². The third kappa shape index (κ3) is 3.37. The van der Waals surface area contributed by atoms with Crippen molar-refractivity contribution in [3.05, 3.63) is 76.5 Å². The Morgan fingerprint density at radius 3 is 2.48 bits per heavy atom. The Morgan fingerprint density at radius 1 is 1.13 bits per heavy atom. The lowest BCUT2D eigenvalue weighted by Crippen LogP contribution is -2.00. The number of nitrogens with one attached hydrogen (secondary N) is 1. The molecule has 23 heavy (non-hydrogen) atoms. The van der Waals surface area contributed by atoms with Gasteiger partial charge in [0.2, 0.25) is 0 Å². The minimum absolute atomic E-state index is 0.0851. The maximum Gasteiger partial charge on any atom is 0.269 e. The molecule has 0 saturated heterocycles. The molecular weight excluding hydrogens is 292 g/mol. The Hall–Kier alpha value is -3.15. The Morgan fingerprint density at radius 2 is 1.83 bits per heavy atom. The molecule has 0 spiro atoms. The molecule has 0 aliphatic heterocycles. The summed E-state index contributed by atoms with van der Waals surface area (Å²) in [6, 6.07) is 16.4. The standard InChI is InChI=1S/C17H16N4O2/c1-20-12-14(17(19-20)13-5-3-2-4-6-13)11-18-15-7-9-16(10-8-15)21(22)23/h2-10,12,18H,11H2,1H3. The third-order valence-electron chi connectivity index (χ3n) is 3.51. The first-order chi connectivity index (χ1) is 11.1. The second-order valence-electron chi connectivity index (χ2n) is 5.20. The lowest BCUT2D eigenvalue weighted by atomic mass is 10.1. The van der Waals surface area contributed by atoms with E-state index in [-0.39, 0.29) is 5.69 Å². The number of non-ortho nitro benzene ring substituents is 1. The SMILES string of the molecule is Cn1cc(CNc2ccc([N+](=O)[O-])cc2)c(-c2ccccc2)n1. The Balaban J connectivity index is 1.77. The number of nitro groups is 1. The van der Waals surface area contributed by atoms with Gasteiger partial charge in [-0.05, 0) is 12.1 Å². The number of nitrogens with zero attached hydrogens (tertiary/aromatic N) is 3. The maximum atomic E-state index is 10.7. The van der Waals surface area contributed by atoms with Crippen LogP contribution < -0.4 is 5.32 Å². The highest BCUT2D eigenvalue weighted by Crippen LogP contribution is 2.23. The van der Waals surface area contributed by atoms with Crippen LogP contribution in [0, 0.1) is 10.1 Å². The number of anilines is 1. The van der Waals surface area contributed by atoms with Gasteiger partial charge in [-0.25, -0.2) is 0 Å². The lowest BCUT2D eigenvalue weighted by molar-refractivity contribution is -0.384. The first-order valence-corrected chi connectivity index (χ1v) is 7.20. The quantitative estimate of drug-likeness (QED) is 0.577. The van der Waals surface area contributed by atoms with E-state index in [1.807, 2.05) is 43.6 Å². The second-order valence-corrected chi connectivity index (χ2v) is 5.20. The first kappa shape index (κ1) is 14.8. The molecule has 0 bridgehead atoms. The van der Waals surface area contributed by atoms with Crippen molar-refractivity contribution in [1.29, 1.82) is 0 Å². The van der Waals surface area contributed by atoms with Crippen molar-refractivity contribution < 1.29 is 4.92 Å². The van der Waals surface area contributed by atoms with Crippen LogP contribution in [0.4, 0.5) is 11.4 Å². The number of nitro benzene ring substituents is 1. The molecule has 0 aliphatic rings. The summed E-state index contributed by atoms with van der Waals surface area (Å²) in [7, 11) is 1.89. The Kier molecular flexibility index (Phi) is 4.05. The van der Waals surface area contributed by atoms with E-state index in [0.717, 1.165) is 22.5 Å². The fourth-order valence-electron chi connectivity index (χ4n) is 2.40. The van der Waals surface area contributed by atoms with E-state index in [2.05, 4.69) is 10.4 Å². The van der Waals surface area contributed by atoms with Crippen molar-refractivity contribution in [2.24, 2.45) is 7.05 Å². The van der Waals surface area contributed by atoms with Gasteiger partial charge >= 0.3 is 0 Å². The molecule has 3 aromatic rings. The van der Waals surface area contributed by atoms with Gasteiger partial charge in [0.05, 0.1) is 10.6 Å². The third-order valence-corrected chi connectivity index (χ3v) is 3.51. The monoisotopic (exact) mass is 308 g/mol. The van der Waals surface area contributed by atoms with Crippen LogP contribution in [0.2, 0.25) is 0 Å². The summed E-state index contributed by atoms with van der Waals surface area (Å²) in [6.07, 6.45) is 1.97. The molecular formula is C17H16N4O2. The van der Waals surface area contributed by atoms with Gasteiger partial charge in [-0.3, -0.25) is 14.8 Å². The number of benzene rings is 2. The summed E-state index contributed by atoms with van der Waals surface area (Å²) in [4.78, 5) is 10.3. The molecule has 1 heterocycles. The molecule has 0 radical (unpaired) electrons. The van der Waals surface area contributed by atoms with Crippen molar-refractivity contribution in [2.75, 3.05) is 5.32 Å². The molecule has 6 nitrogen and oxygen atoms in total. The zero-order valence-corrected chi connectivity index (χ0v) is 12.6. The van der Waals surface area contributed by atoms with Crippen LogP contribution in [0.3, 0.4) is 0 Å². The molecule has 0 fully saturated rings. The molecule has 116 valence electrons. The van der Waals surface area contributed by atoms with Gasteiger partial charge in [0.1, 0.15) is 0 Å². The number of hydrogen-bond acceptors (Lipinski definition) is 4. The van der Waals surface area contributed by atoms with Crippen molar-refractivity contribution in [3.8, 4) is 11.3 Å². The average Bonchev–Trinajstić information content (AvgIpc) is 2.95. The highest BCUT2D eigenvalue weighted by Gasteiger charge is 2.10. The average molecular weight is 308 g/mol. The molecule has 2 aromatic carbocycles. The summed E-state index contributed by atoms with van der Waals surface area (Å²) in [5.74, 6) is 0. The summed E-state index contributed by atoms with van der Waals surface area (Å²) in [6.45, 7) is 0.593. The van der Waals surface area contributed by atoms with Crippen LogP contribution in [-0.4, -0.2) is 14.7 Å². The van der Waals surface area contributed by atoms with Crippen molar-refractivity contribution >= 4 is 11.4 Å². The molecule has 1 aromatic heterocycles. The minimum Gasteiger partial charge on any atom is -0.381 e. The lowest BCUT2D eigenvalue weighted by Gasteiger charge is -2.06. The van der Waals surface area contributed by atoms with Gasteiger partial charge in [0.15, 0.2) is 0 Å². The van der Waals surface area contributed by atoms with Crippen molar-refractivity contribution in [2.45, 2.75) is 6.54 Å². The summed E-state index contributed by atoms with van der Waals surface area (Å²) < 4.78 is 1.79. The fraction of sp³-hybridized carbons (Fsp3) is 0.118. The zero-order valence-electron chi connectivity index (χ0n) is 12.6. The van der Waals surface area contributed by atoms with Crippen molar-refractivity contribution in [1.82, 2.24) is 9.78 Å². The summed E-state index contributed by atoms with van der Waals surface area (Å²) in [5, 5.41) is 18.5. The normalized spacial score (nSPS) is 10.5. The highest BCUT2D eigenvalue weighted by atomic mass is 16.6. The Labute approximate surface area is 133 Å². The molecule has 0 amide bonds. The van der Waals surface area contributed by atoms with E-state index in [9.17, 15) is 10.1 Å². The minimum atomic E-state index is -0.404. The van der Waals surface area contributed by atoms with E-state index in [4.69, 9.17) is 0 Å². The maximum absolute atomic E-state index is 10.7. The highest BCUT2D eigenvalue weighted by molar-refractivity contribution is 5.63. The van der Waals surface area contributed by atoms with Gasteiger partial charge in [-0.2, -0.15) is 5.10 Å². The summed E-state index contributed by atoms with van der Waals surface area (Å²) in [5.41, 5.74) is 3.98. The number of hydrogen-bond donors (Lipinski definition) is 1. The molecule has 6 heteroatoms.